The Morgan fingerprint density at radius 1 is 1.50 bits per heavy atom. The first kappa shape index (κ1) is 14.9. The molecule has 0 bridgehead atoms. The Kier molecular flexibility index (Phi) is 5.50. The Morgan fingerprint density at radius 2 is 2.17 bits per heavy atom. The van der Waals surface area contributed by atoms with Crippen LogP contribution in [0.2, 0.25) is 0 Å². The highest BCUT2D eigenvalue weighted by Gasteiger charge is 2.14. The lowest BCUT2D eigenvalue weighted by molar-refractivity contribution is 0.196. The monoisotopic (exact) mass is 267 g/mol. The topological polar surface area (TPSA) is 51.4 Å². The van der Waals surface area contributed by atoms with Gasteiger partial charge in [-0.3, -0.25) is 4.98 Å². The van der Waals surface area contributed by atoms with E-state index in [1.54, 1.807) is 7.11 Å². The van der Waals surface area contributed by atoms with Crippen LogP contribution in [0.5, 0.6) is 0 Å². The number of pyridine rings is 1. The molecule has 1 rings (SSSR count). The molecule has 0 unspecified atom stereocenters. The summed E-state index contributed by atoms with van der Waals surface area (Å²) < 4.78 is 5.06. The van der Waals surface area contributed by atoms with Crippen molar-refractivity contribution in [3.8, 4) is 0 Å². The highest BCUT2D eigenvalue weighted by molar-refractivity contribution is 7.80. The molecule has 0 fully saturated rings. The predicted molar refractivity (Wildman–Crippen MR) is 79.4 cm³/mol. The Balaban J connectivity index is 3.02. The van der Waals surface area contributed by atoms with Crippen molar-refractivity contribution in [2.45, 2.75) is 20.3 Å². The third-order valence-electron chi connectivity index (χ3n) is 2.81. The second-order valence-corrected chi connectivity index (χ2v) is 4.82. The van der Waals surface area contributed by atoms with Crippen molar-refractivity contribution >= 4 is 22.9 Å². The van der Waals surface area contributed by atoms with Crippen LogP contribution in [-0.2, 0) is 4.74 Å². The highest BCUT2D eigenvalue weighted by Crippen LogP contribution is 2.23. The van der Waals surface area contributed by atoms with Crippen LogP contribution in [0.1, 0.15) is 23.4 Å². The van der Waals surface area contributed by atoms with Crippen molar-refractivity contribution in [3.63, 3.8) is 0 Å². The summed E-state index contributed by atoms with van der Waals surface area (Å²) in [7, 11) is 3.74. The molecule has 0 saturated carbocycles. The first-order valence-electron chi connectivity index (χ1n) is 5.95. The van der Waals surface area contributed by atoms with Crippen molar-refractivity contribution in [3.05, 3.63) is 23.0 Å². The lowest BCUT2D eigenvalue weighted by atomic mass is 10.1. The fourth-order valence-corrected chi connectivity index (χ4v) is 2.23. The van der Waals surface area contributed by atoms with Crippen LogP contribution in [0.4, 0.5) is 5.69 Å². The van der Waals surface area contributed by atoms with Crippen molar-refractivity contribution < 1.29 is 4.74 Å². The maximum absolute atomic E-state index is 5.80. The second-order valence-electron chi connectivity index (χ2n) is 4.38. The molecule has 0 amide bonds. The zero-order chi connectivity index (χ0) is 13.7. The van der Waals surface area contributed by atoms with Gasteiger partial charge >= 0.3 is 0 Å². The maximum atomic E-state index is 5.80. The molecule has 0 aliphatic carbocycles. The van der Waals surface area contributed by atoms with Crippen LogP contribution in [0, 0.1) is 13.8 Å². The maximum Gasteiger partial charge on any atom is 0.107 e. The lowest BCUT2D eigenvalue weighted by Gasteiger charge is -2.23. The van der Waals surface area contributed by atoms with Crippen LogP contribution < -0.4 is 10.6 Å². The molecular weight excluding hydrogens is 246 g/mol. The quantitative estimate of drug-likeness (QED) is 0.629. The number of anilines is 1. The third kappa shape index (κ3) is 3.65. The number of ether oxygens (including phenoxy) is 1. The molecule has 4 nitrogen and oxygen atoms in total. The van der Waals surface area contributed by atoms with E-state index in [9.17, 15) is 0 Å². The molecule has 0 radical (unpaired) electrons. The van der Waals surface area contributed by atoms with Crippen LogP contribution in [0.15, 0.2) is 6.07 Å². The van der Waals surface area contributed by atoms with Gasteiger partial charge in [0.1, 0.15) is 4.99 Å². The summed E-state index contributed by atoms with van der Waals surface area (Å²) in [6.45, 7) is 5.55. The molecule has 18 heavy (non-hydrogen) atoms. The van der Waals surface area contributed by atoms with Crippen molar-refractivity contribution in [2.75, 3.05) is 32.2 Å². The highest BCUT2D eigenvalue weighted by atomic mass is 32.1. The Hall–Kier alpha value is -1.20. The van der Waals surface area contributed by atoms with E-state index in [-0.39, 0.29) is 0 Å². The van der Waals surface area contributed by atoms with Crippen molar-refractivity contribution in [2.24, 2.45) is 5.73 Å². The molecule has 0 atom stereocenters. The summed E-state index contributed by atoms with van der Waals surface area (Å²) in [6, 6.07) is 2.02. The molecule has 1 aromatic heterocycles. The zero-order valence-corrected chi connectivity index (χ0v) is 12.3. The van der Waals surface area contributed by atoms with E-state index >= 15 is 0 Å². The zero-order valence-electron chi connectivity index (χ0n) is 11.5. The molecule has 2 N–H and O–H groups in total. The number of thiocarbonyl (C=S) groups is 1. The SMILES string of the molecule is COCCCN(C)c1cc(C)nc(C)c1C(N)=S. The minimum Gasteiger partial charge on any atom is -0.389 e. The Bertz CT molecular complexity index is 434. The van der Waals surface area contributed by atoms with Gasteiger partial charge in [0.25, 0.3) is 0 Å². The van der Waals surface area contributed by atoms with Gasteiger partial charge in [0.05, 0.1) is 11.3 Å². The van der Waals surface area contributed by atoms with E-state index in [4.69, 9.17) is 22.7 Å². The molecule has 1 heterocycles. The molecule has 5 heteroatoms. The summed E-state index contributed by atoms with van der Waals surface area (Å²) in [5.74, 6) is 0. The van der Waals surface area contributed by atoms with E-state index in [0.29, 0.717) is 4.99 Å². The third-order valence-corrected chi connectivity index (χ3v) is 3.01. The molecule has 100 valence electrons. The summed E-state index contributed by atoms with van der Waals surface area (Å²) in [5, 5.41) is 0. The number of aryl methyl sites for hydroxylation is 2. The Morgan fingerprint density at radius 3 is 2.72 bits per heavy atom. The summed E-state index contributed by atoms with van der Waals surface area (Å²) in [6.07, 6.45) is 0.962. The fraction of sp³-hybridized carbons (Fsp3) is 0.538. The lowest BCUT2D eigenvalue weighted by Crippen LogP contribution is -2.25. The van der Waals surface area contributed by atoms with Crippen LogP contribution in [0.25, 0.3) is 0 Å². The van der Waals surface area contributed by atoms with Crippen molar-refractivity contribution in [1.82, 2.24) is 4.98 Å². The first-order valence-corrected chi connectivity index (χ1v) is 6.36. The molecular formula is C13H21N3OS. The van der Waals surface area contributed by atoms with Gasteiger partial charge in [0.15, 0.2) is 0 Å². The molecule has 0 saturated heterocycles. The van der Waals surface area contributed by atoms with Gasteiger partial charge in [-0.2, -0.15) is 0 Å². The summed E-state index contributed by atoms with van der Waals surface area (Å²) >= 11 is 5.12. The smallest absolute Gasteiger partial charge is 0.107 e. The van der Waals surface area contributed by atoms with Gasteiger partial charge in [-0.25, -0.2) is 0 Å². The molecule has 0 spiro atoms. The van der Waals surface area contributed by atoms with Gasteiger partial charge in [-0.05, 0) is 26.3 Å². The number of nitrogens with zero attached hydrogens (tertiary/aromatic N) is 2. The predicted octanol–water partition coefficient (Wildman–Crippen LogP) is 1.81. The van der Waals surface area contributed by atoms with Crippen LogP contribution >= 0.6 is 12.2 Å². The largest absolute Gasteiger partial charge is 0.389 e. The average molecular weight is 267 g/mol. The number of aromatic nitrogens is 1. The number of methoxy groups -OCH3 is 1. The summed E-state index contributed by atoms with van der Waals surface area (Å²) in [4.78, 5) is 6.96. The fourth-order valence-electron chi connectivity index (χ4n) is 1.98. The van der Waals surface area contributed by atoms with Crippen LogP contribution in [-0.4, -0.2) is 37.3 Å². The van der Waals surface area contributed by atoms with E-state index in [0.717, 1.165) is 42.2 Å². The standard InChI is InChI=1S/C13H21N3OS/c1-9-8-11(16(3)6-5-7-17-4)12(13(14)18)10(2)15-9/h8H,5-7H2,1-4H3,(H2,14,18). The van der Waals surface area contributed by atoms with Crippen LogP contribution in [0.3, 0.4) is 0 Å². The van der Waals surface area contributed by atoms with Gasteiger partial charge in [0.2, 0.25) is 0 Å². The molecule has 0 aliphatic rings. The van der Waals surface area contributed by atoms with E-state index in [1.807, 2.05) is 27.0 Å². The second kappa shape index (κ2) is 6.66. The van der Waals surface area contributed by atoms with Crippen molar-refractivity contribution in [1.29, 1.82) is 0 Å². The van der Waals surface area contributed by atoms with E-state index < -0.39 is 0 Å². The number of nitrogens with two attached hydrogens (primary N) is 1. The molecule has 0 aromatic carbocycles. The number of rotatable bonds is 6. The van der Waals surface area contributed by atoms with E-state index in [1.165, 1.54) is 0 Å². The molecule has 0 aliphatic heterocycles. The first-order chi connectivity index (χ1) is 8.47. The number of hydrogen-bond acceptors (Lipinski definition) is 4. The normalized spacial score (nSPS) is 10.4. The minimum absolute atomic E-state index is 0.397. The van der Waals surface area contributed by atoms with Gasteiger partial charge in [-0.15, -0.1) is 0 Å². The van der Waals surface area contributed by atoms with Gasteiger partial charge in [-0.1, -0.05) is 12.2 Å². The number of hydrogen-bond donors (Lipinski definition) is 1. The minimum atomic E-state index is 0.397. The average Bonchev–Trinajstić information content (AvgIpc) is 2.27. The summed E-state index contributed by atoms with van der Waals surface area (Å²) in [5.41, 5.74) is 9.57. The Labute approximate surface area is 114 Å². The van der Waals surface area contributed by atoms with E-state index in [2.05, 4.69) is 9.88 Å². The van der Waals surface area contributed by atoms with Gasteiger partial charge in [0, 0.05) is 38.7 Å². The molecule has 1 aromatic rings. The van der Waals surface area contributed by atoms with Gasteiger partial charge < -0.3 is 15.4 Å².